The van der Waals surface area contributed by atoms with Gasteiger partial charge in [0.25, 0.3) is 5.91 Å². The fourth-order valence-electron chi connectivity index (χ4n) is 1.66. The van der Waals surface area contributed by atoms with E-state index in [2.05, 4.69) is 31.2 Å². The van der Waals surface area contributed by atoms with E-state index in [9.17, 15) is 4.79 Å². The highest BCUT2D eigenvalue weighted by molar-refractivity contribution is 9.10. The van der Waals surface area contributed by atoms with Crippen LogP contribution in [0.4, 0.5) is 5.82 Å². The Hall–Kier alpha value is -1.46. The number of halogens is 2. The van der Waals surface area contributed by atoms with Crippen molar-refractivity contribution >= 4 is 39.3 Å². The first-order valence-electron chi connectivity index (χ1n) is 6.09. The SMILES string of the molecule is CCc1cc(C(=O)Nc2cc(C)c(Br)cn2)cc(Cl)n1. The number of carbonyl (C=O) groups is 1. The number of pyridine rings is 2. The molecule has 0 fully saturated rings. The summed E-state index contributed by atoms with van der Waals surface area (Å²) in [4.78, 5) is 20.5. The van der Waals surface area contributed by atoms with E-state index in [1.807, 2.05) is 13.8 Å². The van der Waals surface area contributed by atoms with Gasteiger partial charge in [-0.25, -0.2) is 9.97 Å². The van der Waals surface area contributed by atoms with Crippen LogP contribution in [0.2, 0.25) is 5.15 Å². The van der Waals surface area contributed by atoms with Crippen LogP contribution < -0.4 is 5.32 Å². The molecule has 2 rings (SSSR count). The van der Waals surface area contributed by atoms with E-state index in [0.29, 0.717) is 16.5 Å². The minimum Gasteiger partial charge on any atom is -0.307 e. The topological polar surface area (TPSA) is 54.9 Å². The van der Waals surface area contributed by atoms with Crippen LogP contribution in [0.3, 0.4) is 0 Å². The Morgan fingerprint density at radius 3 is 2.80 bits per heavy atom. The van der Waals surface area contributed by atoms with Gasteiger partial charge in [-0.05, 0) is 53.0 Å². The van der Waals surface area contributed by atoms with Crippen LogP contribution in [0.15, 0.2) is 28.9 Å². The van der Waals surface area contributed by atoms with Gasteiger partial charge < -0.3 is 5.32 Å². The Morgan fingerprint density at radius 1 is 1.40 bits per heavy atom. The van der Waals surface area contributed by atoms with Crippen LogP contribution in [-0.4, -0.2) is 15.9 Å². The molecule has 104 valence electrons. The van der Waals surface area contributed by atoms with Gasteiger partial charge in [-0.15, -0.1) is 0 Å². The van der Waals surface area contributed by atoms with Crippen LogP contribution in [0.5, 0.6) is 0 Å². The highest BCUT2D eigenvalue weighted by Crippen LogP contribution is 2.18. The van der Waals surface area contributed by atoms with E-state index in [0.717, 1.165) is 22.2 Å². The zero-order valence-electron chi connectivity index (χ0n) is 11.1. The second-order valence-corrected chi connectivity index (χ2v) is 5.54. The van der Waals surface area contributed by atoms with E-state index in [1.54, 1.807) is 24.4 Å². The van der Waals surface area contributed by atoms with Gasteiger partial charge in [0.05, 0.1) is 0 Å². The van der Waals surface area contributed by atoms with Crippen LogP contribution in [-0.2, 0) is 6.42 Å². The number of aromatic nitrogens is 2. The molecule has 0 saturated carbocycles. The first kappa shape index (κ1) is 14.9. The Bertz CT molecular complexity index is 661. The zero-order valence-corrected chi connectivity index (χ0v) is 13.4. The number of nitrogens with one attached hydrogen (secondary N) is 1. The number of carbonyl (C=O) groups excluding carboxylic acids is 1. The molecule has 1 amide bonds. The lowest BCUT2D eigenvalue weighted by atomic mass is 10.2. The molecule has 2 heterocycles. The number of rotatable bonds is 3. The molecule has 2 aromatic heterocycles. The quantitative estimate of drug-likeness (QED) is 0.847. The average Bonchev–Trinajstić information content (AvgIpc) is 2.42. The predicted octanol–water partition coefficient (Wildman–Crippen LogP) is 4.02. The molecular weight excluding hydrogens is 342 g/mol. The third-order valence-corrected chi connectivity index (χ3v) is 3.78. The molecule has 0 spiro atoms. The van der Waals surface area contributed by atoms with Gasteiger partial charge in [-0.1, -0.05) is 18.5 Å². The van der Waals surface area contributed by atoms with Crippen molar-refractivity contribution in [2.75, 3.05) is 5.32 Å². The number of anilines is 1. The summed E-state index contributed by atoms with van der Waals surface area (Å²) in [5.41, 5.74) is 2.25. The second kappa shape index (κ2) is 6.33. The predicted molar refractivity (Wildman–Crippen MR) is 83.3 cm³/mol. The fourth-order valence-corrected chi connectivity index (χ4v) is 2.10. The van der Waals surface area contributed by atoms with Crippen LogP contribution >= 0.6 is 27.5 Å². The van der Waals surface area contributed by atoms with E-state index in [1.165, 1.54) is 0 Å². The molecule has 0 aliphatic carbocycles. The molecule has 6 heteroatoms. The Labute approximate surface area is 130 Å². The van der Waals surface area contributed by atoms with Gasteiger partial charge in [0, 0.05) is 21.9 Å². The first-order valence-corrected chi connectivity index (χ1v) is 7.26. The van der Waals surface area contributed by atoms with Gasteiger partial charge in [-0.3, -0.25) is 4.79 Å². The summed E-state index contributed by atoms with van der Waals surface area (Å²) in [5, 5.41) is 3.06. The lowest BCUT2D eigenvalue weighted by Crippen LogP contribution is -2.14. The number of aryl methyl sites for hydroxylation is 2. The van der Waals surface area contributed by atoms with Crippen molar-refractivity contribution in [3.63, 3.8) is 0 Å². The number of amides is 1. The van der Waals surface area contributed by atoms with Crippen molar-refractivity contribution < 1.29 is 4.79 Å². The maximum atomic E-state index is 12.2. The number of nitrogens with zero attached hydrogens (tertiary/aromatic N) is 2. The van der Waals surface area contributed by atoms with Crippen molar-refractivity contribution in [2.24, 2.45) is 0 Å². The van der Waals surface area contributed by atoms with E-state index >= 15 is 0 Å². The monoisotopic (exact) mass is 353 g/mol. The maximum absolute atomic E-state index is 12.2. The first-order chi connectivity index (χ1) is 9.49. The largest absolute Gasteiger partial charge is 0.307 e. The third-order valence-electron chi connectivity index (χ3n) is 2.76. The molecule has 20 heavy (non-hydrogen) atoms. The minimum atomic E-state index is -0.252. The molecule has 0 aliphatic heterocycles. The maximum Gasteiger partial charge on any atom is 0.256 e. The number of hydrogen-bond donors (Lipinski definition) is 1. The normalized spacial score (nSPS) is 10.4. The molecule has 4 nitrogen and oxygen atoms in total. The van der Waals surface area contributed by atoms with Gasteiger partial charge >= 0.3 is 0 Å². The molecule has 0 unspecified atom stereocenters. The molecule has 1 N–H and O–H groups in total. The molecule has 0 saturated heterocycles. The summed E-state index contributed by atoms with van der Waals surface area (Å²) in [6, 6.07) is 5.07. The molecule has 2 aromatic rings. The van der Waals surface area contributed by atoms with Crippen molar-refractivity contribution in [3.8, 4) is 0 Å². The Kier molecular flexibility index (Phi) is 4.73. The summed E-state index contributed by atoms with van der Waals surface area (Å²) in [5.74, 6) is 0.250. The molecule has 0 aliphatic rings. The van der Waals surface area contributed by atoms with Gasteiger partial charge in [0.2, 0.25) is 0 Å². The van der Waals surface area contributed by atoms with E-state index in [-0.39, 0.29) is 5.91 Å². The average molecular weight is 355 g/mol. The molecular formula is C14H13BrClN3O. The van der Waals surface area contributed by atoms with Crippen LogP contribution in [0.25, 0.3) is 0 Å². The number of hydrogen-bond acceptors (Lipinski definition) is 3. The van der Waals surface area contributed by atoms with Crippen molar-refractivity contribution in [2.45, 2.75) is 20.3 Å². The van der Waals surface area contributed by atoms with Crippen molar-refractivity contribution in [1.82, 2.24) is 9.97 Å². The molecule has 0 bridgehead atoms. The van der Waals surface area contributed by atoms with Crippen molar-refractivity contribution in [1.29, 1.82) is 0 Å². The van der Waals surface area contributed by atoms with E-state index < -0.39 is 0 Å². The fraction of sp³-hybridized carbons (Fsp3) is 0.214. The summed E-state index contributed by atoms with van der Waals surface area (Å²) >= 11 is 9.28. The van der Waals surface area contributed by atoms with Gasteiger partial charge in [0.1, 0.15) is 11.0 Å². The summed E-state index contributed by atoms with van der Waals surface area (Å²) in [7, 11) is 0. The summed E-state index contributed by atoms with van der Waals surface area (Å²) in [6.45, 7) is 3.89. The van der Waals surface area contributed by atoms with Crippen molar-refractivity contribution in [3.05, 3.63) is 50.8 Å². The Balaban J connectivity index is 2.23. The summed E-state index contributed by atoms with van der Waals surface area (Å²) in [6.07, 6.45) is 2.37. The smallest absolute Gasteiger partial charge is 0.256 e. The third kappa shape index (κ3) is 3.55. The molecule has 0 radical (unpaired) electrons. The molecule has 0 aromatic carbocycles. The van der Waals surface area contributed by atoms with Gasteiger partial charge in [0.15, 0.2) is 0 Å². The van der Waals surface area contributed by atoms with Crippen LogP contribution in [0.1, 0.15) is 28.5 Å². The van der Waals surface area contributed by atoms with E-state index in [4.69, 9.17) is 11.6 Å². The minimum absolute atomic E-state index is 0.252. The Morgan fingerprint density at radius 2 is 2.15 bits per heavy atom. The second-order valence-electron chi connectivity index (χ2n) is 4.30. The zero-order chi connectivity index (χ0) is 14.7. The van der Waals surface area contributed by atoms with Crippen LogP contribution in [0, 0.1) is 6.92 Å². The highest BCUT2D eigenvalue weighted by Gasteiger charge is 2.10. The lowest BCUT2D eigenvalue weighted by molar-refractivity contribution is 0.102. The standard InChI is InChI=1S/C14H13BrClN3O/c1-3-10-5-9(6-12(16)18-10)14(20)19-13-4-8(2)11(15)7-17-13/h4-7H,3H2,1-2H3,(H,17,19,20). The van der Waals surface area contributed by atoms with Gasteiger partial charge in [-0.2, -0.15) is 0 Å². The molecule has 0 atom stereocenters. The summed E-state index contributed by atoms with van der Waals surface area (Å²) < 4.78 is 0.899. The highest BCUT2D eigenvalue weighted by atomic mass is 79.9. The lowest BCUT2D eigenvalue weighted by Gasteiger charge is -2.07.